The Bertz CT molecular complexity index is 104. The van der Waals surface area contributed by atoms with Crippen molar-refractivity contribution in [3.05, 3.63) is 0 Å². The van der Waals surface area contributed by atoms with E-state index in [4.69, 9.17) is 5.84 Å². The van der Waals surface area contributed by atoms with Crippen LogP contribution in [0.2, 0.25) is 0 Å². The first-order valence-corrected chi connectivity index (χ1v) is 2.81. The molecule has 1 aliphatic carbocycles. The third-order valence-electron chi connectivity index (χ3n) is 1.35. The Morgan fingerprint density at radius 3 is 2.50 bits per heavy atom. The summed E-state index contributed by atoms with van der Waals surface area (Å²) in [7, 11) is 1.76. The van der Waals surface area contributed by atoms with Gasteiger partial charge in [0, 0.05) is 13.0 Å². The number of hydrogen-bond donors (Lipinski definition) is 2. The van der Waals surface area contributed by atoms with Crippen molar-refractivity contribution in [2.24, 2.45) is 16.8 Å². The molecule has 0 bridgehead atoms. The lowest BCUT2D eigenvalue weighted by atomic mass is 10.4. The summed E-state index contributed by atoms with van der Waals surface area (Å²) in [5.41, 5.74) is 2.56. The molecule has 1 rings (SSSR count). The van der Waals surface area contributed by atoms with Crippen LogP contribution in [0, 0.1) is 5.92 Å². The molecule has 0 aliphatic heterocycles. The molecule has 0 heterocycles. The average Bonchev–Trinajstić information content (AvgIpc) is 2.53. The van der Waals surface area contributed by atoms with Crippen LogP contribution in [0.3, 0.4) is 0 Å². The second kappa shape index (κ2) is 2.13. The fourth-order valence-corrected chi connectivity index (χ4v) is 0.722. The van der Waals surface area contributed by atoms with Crippen molar-refractivity contribution < 1.29 is 0 Å². The van der Waals surface area contributed by atoms with Crippen LogP contribution < -0.4 is 11.3 Å². The normalized spacial score (nSPS) is 21.0. The third-order valence-corrected chi connectivity index (χ3v) is 1.35. The van der Waals surface area contributed by atoms with Crippen LogP contribution in [-0.4, -0.2) is 12.9 Å². The summed E-state index contributed by atoms with van der Waals surface area (Å²) in [5.74, 6) is 6.74. The van der Waals surface area contributed by atoms with Gasteiger partial charge in [-0.05, 0) is 12.8 Å². The Balaban J connectivity index is 2.37. The van der Waals surface area contributed by atoms with Gasteiger partial charge in [0.15, 0.2) is 0 Å². The van der Waals surface area contributed by atoms with Crippen LogP contribution in [-0.2, 0) is 0 Å². The largest absolute Gasteiger partial charge is 0.312 e. The van der Waals surface area contributed by atoms with Crippen molar-refractivity contribution in [2.75, 3.05) is 7.05 Å². The van der Waals surface area contributed by atoms with Gasteiger partial charge >= 0.3 is 0 Å². The number of amidine groups is 1. The maximum absolute atomic E-state index is 5.14. The molecule has 1 fully saturated rings. The molecule has 0 aromatic carbocycles. The summed E-state index contributed by atoms with van der Waals surface area (Å²) in [6.07, 6.45) is 2.49. The number of aliphatic imine (C=N–C) groups is 1. The minimum Gasteiger partial charge on any atom is -0.312 e. The lowest BCUT2D eigenvalue weighted by Crippen LogP contribution is -2.31. The first-order valence-electron chi connectivity index (χ1n) is 2.81. The molecule has 0 atom stereocenters. The molecular formula is C5H11N3. The summed E-state index contributed by atoms with van der Waals surface area (Å²) < 4.78 is 0. The molecule has 0 aromatic heterocycles. The van der Waals surface area contributed by atoms with Gasteiger partial charge in [0.05, 0.1) is 0 Å². The molecule has 0 unspecified atom stereocenters. The molecule has 0 radical (unpaired) electrons. The van der Waals surface area contributed by atoms with Crippen molar-refractivity contribution in [3.63, 3.8) is 0 Å². The fraction of sp³-hybridized carbons (Fsp3) is 0.800. The van der Waals surface area contributed by atoms with Crippen molar-refractivity contribution in [1.29, 1.82) is 0 Å². The van der Waals surface area contributed by atoms with E-state index in [2.05, 4.69) is 10.4 Å². The molecule has 0 aromatic rings. The van der Waals surface area contributed by atoms with E-state index in [9.17, 15) is 0 Å². The number of hydrazine groups is 1. The minimum atomic E-state index is 0.644. The minimum absolute atomic E-state index is 0.644. The maximum atomic E-state index is 5.14. The van der Waals surface area contributed by atoms with Crippen LogP contribution in [0.5, 0.6) is 0 Å². The standard InChI is InChI=1S/C5H11N3/c1-7-5(8-6)4-2-3-4/h4H,2-3,6H2,1H3,(H,7,8). The van der Waals surface area contributed by atoms with Crippen molar-refractivity contribution >= 4 is 5.84 Å². The summed E-state index contributed by atoms with van der Waals surface area (Å²) in [6, 6.07) is 0. The molecular weight excluding hydrogens is 102 g/mol. The number of nitrogens with zero attached hydrogens (tertiary/aromatic N) is 1. The van der Waals surface area contributed by atoms with E-state index in [1.54, 1.807) is 7.05 Å². The summed E-state index contributed by atoms with van der Waals surface area (Å²) >= 11 is 0. The van der Waals surface area contributed by atoms with Crippen molar-refractivity contribution in [1.82, 2.24) is 5.43 Å². The zero-order valence-electron chi connectivity index (χ0n) is 5.02. The molecule has 3 heteroatoms. The van der Waals surface area contributed by atoms with Gasteiger partial charge in [-0.25, -0.2) is 5.84 Å². The van der Waals surface area contributed by atoms with Crippen LogP contribution in [0.15, 0.2) is 4.99 Å². The summed E-state index contributed by atoms with van der Waals surface area (Å²) in [6.45, 7) is 0. The van der Waals surface area contributed by atoms with Crippen LogP contribution in [0.4, 0.5) is 0 Å². The van der Waals surface area contributed by atoms with Crippen molar-refractivity contribution in [3.8, 4) is 0 Å². The van der Waals surface area contributed by atoms with Crippen molar-refractivity contribution in [2.45, 2.75) is 12.8 Å². The molecule has 46 valence electrons. The van der Waals surface area contributed by atoms with E-state index in [1.165, 1.54) is 12.8 Å². The topological polar surface area (TPSA) is 50.4 Å². The Kier molecular flexibility index (Phi) is 1.48. The number of rotatable bonds is 1. The number of hydrogen-bond acceptors (Lipinski definition) is 2. The van der Waals surface area contributed by atoms with Gasteiger partial charge in [-0.1, -0.05) is 0 Å². The highest BCUT2D eigenvalue weighted by molar-refractivity contribution is 5.85. The van der Waals surface area contributed by atoms with E-state index >= 15 is 0 Å². The zero-order chi connectivity index (χ0) is 5.98. The Labute approximate surface area is 48.9 Å². The Morgan fingerprint density at radius 2 is 2.38 bits per heavy atom. The zero-order valence-corrected chi connectivity index (χ0v) is 5.02. The lowest BCUT2D eigenvalue weighted by Gasteiger charge is -1.98. The summed E-state index contributed by atoms with van der Waals surface area (Å²) in [5, 5.41) is 0. The summed E-state index contributed by atoms with van der Waals surface area (Å²) in [4.78, 5) is 3.95. The number of nitrogens with one attached hydrogen (secondary N) is 1. The SMILES string of the molecule is CN=C(NN)C1CC1. The second-order valence-electron chi connectivity index (χ2n) is 2.03. The monoisotopic (exact) mass is 113 g/mol. The van der Waals surface area contributed by atoms with Gasteiger partial charge in [0.1, 0.15) is 5.84 Å². The highest BCUT2D eigenvalue weighted by Gasteiger charge is 2.26. The van der Waals surface area contributed by atoms with E-state index in [-0.39, 0.29) is 0 Å². The Morgan fingerprint density at radius 1 is 1.75 bits per heavy atom. The predicted octanol–water partition coefficient (Wildman–Crippen LogP) is -0.112. The van der Waals surface area contributed by atoms with Gasteiger partial charge in [0.2, 0.25) is 0 Å². The molecule has 0 spiro atoms. The van der Waals surface area contributed by atoms with Gasteiger partial charge in [0.25, 0.3) is 0 Å². The first-order chi connectivity index (χ1) is 3.88. The molecule has 3 N–H and O–H groups in total. The van der Waals surface area contributed by atoms with Crippen LogP contribution in [0.25, 0.3) is 0 Å². The van der Waals surface area contributed by atoms with E-state index < -0.39 is 0 Å². The van der Waals surface area contributed by atoms with Gasteiger partial charge in [-0.15, -0.1) is 0 Å². The third kappa shape index (κ3) is 0.980. The highest BCUT2D eigenvalue weighted by atomic mass is 15.3. The number of nitrogens with two attached hydrogens (primary N) is 1. The average molecular weight is 113 g/mol. The second-order valence-corrected chi connectivity index (χ2v) is 2.03. The van der Waals surface area contributed by atoms with E-state index in [0.717, 1.165) is 5.84 Å². The van der Waals surface area contributed by atoms with Crippen LogP contribution in [0.1, 0.15) is 12.8 Å². The molecule has 8 heavy (non-hydrogen) atoms. The van der Waals surface area contributed by atoms with Gasteiger partial charge < -0.3 is 5.43 Å². The molecule has 3 nitrogen and oxygen atoms in total. The lowest BCUT2D eigenvalue weighted by molar-refractivity contribution is 0.943. The first kappa shape index (κ1) is 5.56. The Hall–Kier alpha value is -0.570. The molecule has 1 saturated carbocycles. The van der Waals surface area contributed by atoms with E-state index in [1.807, 2.05) is 0 Å². The van der Waals surface area contributed by atoms with Gasteiger partial charge in [-0.2, -0.15) is 0 Å². The smallest absolute Gasteiger partial charge is 0.113 e. The van der Waals surface area contributed by atoms with Crippen LogP contribution >= 0.6 is 0 Å². The maximum Gasteiger partial charge on any atom is 0.113 e. The fourth-order valence-electron chi connectivity index (χ4n) is 0.722. The predicted molar refractivity (Wildman–Crippen MR) is 33.4 cm³/mol. The molecule has 1 aliphatic rings. The quantitative estimate of drug-likeness (QED) is 0.216. The molecule has 0 amide bonds. The van der Waals surface area contributed by atoms with E-state index in [0.29, 0.717) is 5.92 Å². The molecule has 0 saturated heterocycles. The highest BCUT2D eigenvalue weighted by Crippen LogP contribution is 2.29. The van der Waals surface area contributed by atoms with Gasteiger partial charge in [-0.3, -0.25) is 4.99 Å².